The van der Waals surface area contributed by atoms with Gasteiger partial charge in [-0.2, -0.15) is 0 Å². The summed E-state index contributed by atoms with van der Waals surface area (Å²) in [5.41, 5.74) is 2.54. The Morgan fingerprint density at radius 2 is 2.29 bits per heavy atom. The summed E-state index contributed by atoms with van der Waals surface area (Å²) >= 11 is 0. The fourth-order valence-corrected chi connectivity index (χ4v) is 2.84. The highest BCUT2D eigenvalue weighted by molar-refractivity contribution is 5.82. The van der Waals surface area contributed by atoms with Crippen molar-refractivity contribution in [2.45, 2.75) is 32.1 Å². The molecule has 1 saturated heterocycles. The van der Waals surface area contributed by atoms with Crippen LogP contribution >= 0.6 is 0 Å². The molecule has 3 rings (SSSR count). The second-order valence-electron chi connectivity index (χ2n) is 4.96. The molecule has 0 bridgehead atoms. The number of rotatable bonds is 1. The summed E-state index contributed by atoms with van der Waals surface area (Å²) in [7, 11) is 0. The number of nitrogens with one attached hydrogen (secondary N) is 1. The summed E-state index contributed by atoms with van der Waals surface area (Å²) in [5.74, 6) is -0.516. The highest BCUT2D eigenvalue weighted by Crippen LogP contribution is 2.34. The van der Waals surface area contributed by atoms with E-state index < -0.39 is 0 Å². The Labute approximate surface area is 102 Å². The fourth-order valence-electron chi connectivity index (χ4n) is 2.84. The van der Waals surface area contributed by atoms with Gasteiger partial charge >= 0.3 is 0 Å². The average Bonchev–Trinajstić information content (AvgIpc) is 2.85. The number of hydrogen-bond donors (Lipinski definition) is 1. The zero-order chi connectivity index (χ0) is 12.9. The molecule has 0 aromatic heterocycles. The fraction of sp³-hybridized carbons (Fsp3) is 0.500. The maximum absolute atomic E-state index is 14.1. The van der Waals surface area contributed by atoms with Crippen LogP contribution in [0.5, 0.6) is 0 Å². The van der Waals surface area contributed by atoms with Crippen LogP contribution in [0.2, 0.25) is 0 Å². The molecule has 0 radical (unpaired) electrons. The largest absolute Gasteiger partial charge is 0.355 e. The number of aryl methyl sites for hydroxylation is 2. The standard InChI is InChI=1S/C14H16FNO/c1-8-12(7-16-14(8)17)11-5-9-3-2-4-10(9)6-13(11)15/h5-6,8,12H,2-4,7H2,1H3,(H,16,17)/t8-,12+/m0/s1/i4T/t4?,8-,12+. The van der Waals surface area contributed by atoms with E-state index in [2.05, 4.69) is 5.32 Å². The van der Waals surface area contributed by atoms with Gasteiger partial charge < -0.3 is 5.32 Å². The number of amides is 1. The molecule has 3 atom stereocenters. The molecule has 3 heteroatoms. The number of fused-ring (bicyclic) bond motifs is 1. The van der Waals surface area contributed by atoms with Gasteiger partial charge in [-0.25, -0.2) is 4.39 Å². The van der Waals surface area contributed by atoms with Crippen LogP contribution in [-0.2, 0) is 17.6 Å². The molecule has 0 saturated carbocycles. The molecular weight excluding hydrogens is 217 g/mol. The molecule has 1 fully saturated rings. The van der Waals surface area contributed by atoms with Crippen molar-refractivity contribution in [2.75, 3.05) is 6.54 Å². The maximum atomic E-state index is 14.1. The van der Waals surface area contributed by atoms with Crippen LogP contribution in [0.4, 0.5) is 4.39 Å². The molecule has 1 N–H and O–H groups in total. The van der Waals surface area contributed by atoms with Crippen LogP contribution in [0.1, 0.15) is 37.3 Å². The van der Waals surface area contributed by atoms with Gasteiger partial charge in [0.15, 0.2) is 0 Å². The minimum Gasteiger partial charge on any atom is -0.355 e. The summed E-state index contributed by atoms with van der Waals surface area (Å²) in [6.07, 6.45) is 1.33. The Bertz CT molecular complexity index is 517. The van der Waals surface area contributed by atoms with E-state index in [0.717, 1.165) is 24.0 Å². The van der Waals surface area contributed by atoms with Gasteiger partial charge in [0.2, 0.25) is 5.91 Å². The Morgan fingerprint density at radius 3 is 3.00 bits per heavy atom. The molecule has 17 heavy (non-hydrogen) atoms. The molecule has 90 valence electrons. The minimum atomic E-state index is -0.288. The Morgan fingerprint density at radius 1 is 1.47 bits per heavy atom. The topological polar surface area (TPSA) is 29.1 Å². The van der Waals surface area contributed by atoms with E-state index >= 15 is 0 Å². The predicted molar refractivity (Wildman–Crippen MR) is 63.3 cm³/mol. The molecule has 1 aliphatic carbocycles. The van der Waals surface area contributed by atoms with Crippen molar-refractivity contribution in [3.05, 3.63) is 34.6 Å². The summed E-state index contributed by atoms with van der Waals surface area (Å²) in [5, 5.41) is 2.78. The maximum Gasteiger partial charge on any atom is 0.223 e. The van der Waals surface area contributed by atoms with E-state index in [1.54, 1.807) is 0 Å². The lowest BCUT2D eigenvalue weighted by Crippen LogP contribution is -2.17. The monoisotopic (exact) mass is 235 g/mol. The van der Waals surface area contributed by atoms with Crippen molar-refractivity contribution >= 4 is 5.91 Å². The van der Waals surface area contributed by atoms with Crippen molar-refractivity contribution in [1.29, 1.82) is 0 Å². The quantitative estimate of drug-likeness (QED) is 0.794. The predicted octanol–water partition coefficient (Wildman–Crippen LogP) is 2.16. The van der Waals surface area contributed by atoms with E-state index in [4.69, 9.17) is 1.37 Å². The number of carbonyl (C=O) groups is 1. The minimum absolute atomic E-state index is 0.00161. The highest BCUT2D eigenvalue weighted by atomic mass is 19.1. The van der Waals surface area contributed by atoms with Crippen molar-refractivity contribution in [3.8, 4) is 0 Å². The van der Waals surface area contributed by atoms with Gasteiger partial charge in [-0.3, -0.25) is 4.79 Å². The molecule has 1 heterocycles. The first-order valence-electron chi connectivity index (χ1n) is 6.68. The lowest BCUT2D eigenvalue weighted by molar-refractivity contribution is -0.122. The van der Waals surface area contributed by atoms with Crippen LogP contribution in [0.15, 0.2) is 12.1 Å². The molecule has 1 aromatic carbocycles. The smallest absolute Gasteiger partial charge is 0.223 e. The van der Waals surface area contributed by atoms with E-state index in [-0.39, 0.29) is 30.0 Å². The van der Waals surface area contributed by atoms with Gasteiger partial charge in [-0.05, 0) is 42.0 Å². The van der Waals surface area contributed by atoms with Gasteiger partial charge in [-0.1, -0.05) is 13.0 Å². The first-order chi connectivity index (χ1) is 8.58. The number of carbonyl (C=O) groups excluding carboxylic acids is 1. The summed E-state index contributed by atoms with van der Waals surface area (Å²) in [4.78, 5) is 11.5. The summed E-state index contributed by atoms with van der Waals surface area (Å²) in [6.45, 7) is 2.35. The van der Waals surface area contributed by atoms with Gasteiger partial charge in [0.05, 0.1) is 0 Å². The normalized spacial score (nSPS) is 32.2. The summed E-state index contributed by atoms with van der Waals surface area (Å²) in [6, 6.07) is 3.38. The lowest BCUT2D eigenvalue weighted by Gasteiger charge is -2.15. The van der Waals surface area contributed by atoms with Gasteiger partial charge in [0.25, 0.3) is 0 Å². The number of benzene rings is 1. The Hall–Kier alpha value is -1.38. The van der Waals surface area contributed by atoms with Crippen LogP contribution in [0.3, 0.4) is 0 Å². The van der Waals surface area contributed by atoms with Gasteiger partial charge in [-0.15, -0.1) is 0 Å². The number of halogens is 1. The third-order valence-electron chi connectivity index (χ3n) is 3.95. The average molecular weight is 235 g/mol. The van der Waals surface area contributed by atoms with Gasteiger partial charge in [0.1, 0.15) is 5.82 Å². The van der Waals surface area contributed by atoms with Crippen LogP contribution < -0.4 is 5.32 Å². The van der Waals surface area contributed by atoms with Crippen LogP contribution in [0, 0.1) is 11.7 Å². The van der Waals surface area contributed by atoms with Crippen LogP contribution in [0.25, 0.3) is 0 Å². The van der Waals surface area contributed by atoms with E-state index in [1.807, 2.05) is 13.0 Å². The second kappa shape index (κ2) is 3.83. The zero-order valence-corrected chi connectivity index (χ0v) is 9.79. The third kappa shape index (κ3) is 1.65. The second-order valence-corrected chi connectivity index (χ2v) is 4.96. The van der Waals surface area contributed by atoms with Crippen molar-refractivity contribution in [3.63, 3.8) is 0 Å². The van der Waals surface area contributed by atoms with Gasteiger partial charge in [0, 0.05) is 19.8 Å². The number of hydrogen-bond acceptors (Lipinski definition) is 1. The van der Waals surface area contributed by atoms with Crippen molar-refractivity contribution < 1.29 is 10.6 Å². The first-order valence-corrected chi connectivity index (χ1v) is 6.10. The molecule has 1 amide bonds. The molecule has 1 aromatic rings. The third-order valence-corrected chi connectivity index (χ3v) is 3.95. The van der Waals surface area contributed by atoms with E-state index in [9.17, 15) is 9.18 Å². The first kappa shape index (κ1) is 9.63. The Balaban J connectivity index is 2.01. The molecule has 0 spiro atoms. The van der Waals surface area contributed by atoms with E-state index in [1.165, 1.54) is 6.07 Å². The Kier molecular flexibility index (Phi) is 2.17. The van der Waals surface area contributed by atoms with Crippen molar-refractivity contribution in [2.24, 2.45) is 5.92 Å². The molecule has 1 aliphatic heterocycles. The van der Waals surface area contributed by atoms with Crippen molar-refractivity contribution in [1.82, 2.24) is 5.32 Å². The summed E-state index contributed by atoms with van der Waals surface area (Å²) < 4.78 is 22.0. The zero-order valence-electron chi connectivity index (χ0n) is 10.8. The van der Waals surface area contributed by atoms with Crippen LogP contribution in [-0.4, -0.2) is 12.5 Å². The molecular formula is C14H16FNO. The van der Waals surface area contributed by atoms with E-state index in [0.29, 0.717) is 12.1 Å². The molecule has 2 aliphatic rings. The lowest BCUT2D eigenvalue weighted by atomic mass is 9.88. The molecule has 2 nitrogen and oxygen atoms in total. The molecule has 1 unspecified atom stereocenters. The SMILES string of the molecule is [3H]C1CCc2cc([C@@H]3CNC(=O)[C@H]3C)c(F)cc21. The highest BCUT2D eigenvalue weighted by Gasteiger charge is 2.34.